The molecule has 2 aromatic rings. The van der Waals surface area contributed by atoms with Crippen molar-refractivity contribution in [3.8, 4) is 5.75 Å². The maximum absolute atomic E-state index is 12.8. The molecule has 4 rings (SSSR count). The number of carbonyl (C=O) groups excluding carboxylic acids is 1. The van der Waals surface area contributed by atoms with Gasteiger partial charge in [0, 0.05) is 25.6 Å². The summed E-state index contributed by atoms with van der Waals surface area (Å²) in [5, 5.41) is 3.89. The van der Waals surface area contributed by atoms with Gasteiger partial charge < -0.3 is 14.0 Å². The molecule has 0 spiro atoms. The van der Waals surface area contributed by atoms with E-state index in [1.54, 1.807) is 13.0 Å². The lowest BCUT2D eigenvalue weighted by molar-refractivity contribution is -0.121. The minimum absolute atomic E-state index is 0.106. The fourth-order valence-corrected chi connectivity index (χ4v) is 4.83. The van der Waals surface area contributed by atoms with E-state index < -0.39 is 10.0 Å². The van der Waals surface area contributed by atoms with Crippen molar-refractivity contribution in [1.82, 2.24) is 14.9 Å². The highest BCUT2D eigenvalue weighted by Gasteiger charge is 2.30. The summed E-state index contributed by atoms with van der Waals surface area (Å²) in [6.45, 7) is 4.37. The normalized spacial score (nSPS) is 19.1. The largest absolute Gasteiger partial charge is 0.482 e. The number of hydrogen-bond acceptors (Lipinski definition) is 8. The van der Waals surface area contributed by atoms with Gasteiger partial charge in [-0.1, -0.05) is 12.1 Å². The van der Waals surface area contributed by atoms with Gasteiger partial charge in [-0.25, -0.2) is 13.1 Å². The number of rotatable bonds is 7. The van der Waals surface area contributed by atoms with E-state index in [1.165, 1.54) is 11.0 Å². The predicted molar refractivity (Wildman–Crippen MR) is 106 cm³/mol. The Morgan fingerprint density at radius 2 is 2.17 bits per heavy atom. The van der Waals surface area contributed by atoms with E-state index in [4.69, 9.17) is 14.0 Å². The van der Waals surface area contributed by atoms with E-state index in [9.17, 15) is 13.2 Å². The lowest BCUT2D eigenvalue weighted by atomic mass is 10.1. The van der Waals surface area contributed by atoms with Gasteiger partial charge in [0.1, 0.15) is 5.75 Å². The number of carbonyl (C=O) groups is 1. The topological polar surface area (TPSA) is 124 Å². The molecule has 0 radical (unpaired) electrons. The maximum Gasteiger partial charge on any atom is 0.265 e. The van der Waals surface area contributed by atoms with Crippen LogP contribution in [0.25, 0.3) is 0 Å². The van der Waals surface area contributed by atoms with Crippen LogP contribution >= 0.6 is 0 Å². The van der Waals surface area contributed by atoms with Crippen LogP contribution in [0.1, 0.15) is 37.0 Å². The maximum atomic E-state index is 12.8. The van der Waals surface area contributed by atoms with Crippen LogP contribution in [0.15, 0.2) is 21.6 Å². The van der Waals surface area contributed by atoms with E-state index in [2.05, 4.69) is 14.9 Å². The van der Waals surface area contributed by atoms with Crippen molar-refractivity contribution in [2.45, 2.75) is 50.7 Å². The number of nitrogens with zero attached hydrogens (tertiary/aromatic N) is 3. The summed E-state index contributed by atoms with van der Waals surface area (Å²) in [4.78, 5) is 18.3. The second kappa shape index (κ2) is 8.32. The first kappa shape index (κ1) is 20.8. The molecule has 162 valence electrons. The number of sulfonamides is 1. The van der Waals surface area contributed by atoms with Gasteiger partial charge in [0.05, 0.1) is 23.2 Å². The quantitative estimate of drug-likeness (QED) is 0.689. The molecule has 0 aliphatic carbocycles. The third-order valence-electron chi connectivity index (χ3n) is 5.13. The molecular weight excluding hydrogens is 412 g/mol. The molecule has 30 heavy (non-hydrogen) atoms. The first-order valence-electron chi connectivity index (χ1n) is 9.88. The number of hydrogen-bond donors (Lipinski definition) is 1. The Balaban J connectivity index is 1.59. The van der Waals surface area contributed by atoms with Crippen LogP contribution in [0.3, 0.4) is 0 Å². The Morgan fingerprint density at radius 1 is 1.33 bits per heavy atom. The molecule has 3 heterocycles. The number of fused-ring (bicyclic) bond motifs is 1. The van der Waals surface area contributed by atoms with Crippen molar-refractivity contribution in [2.24, 2.45) is 0 Å². The Kier molecular flexibility index (Phi) is 5.76. The summed E-state index contributed by atoms with van der Waals surface area (Å²) < 4.78 is 44.4. The van der Waals surface area contributed by atoms with Crippen LogP contribution in [0.4, 0.5) is 5.69 Å². The van der Waals surface area contributed by atoms with E-state index in [-0.39, 0.29) is 36.6 Å². The van der Waals surface area contributed by atoms with Crippen molar-refractivity contribution >= 4 is 21.6 Å². The number of aryl methyl sites for hydroxylation is 2. The zero-order valence-corrected chi connectivity index (χ0v) is 17.7. The number of benzene rings is 1. The van der Waals surface area contributed by atoms with Crippen molar-refractivity contribution in [3.05, 3.63) is 29.4 Å². The van der Waals surface area contributed by atoms with Crippen molar-refractivity contribution in [1.29, 1.82) is 0 Å². The van der Waals surface area contributed by atoms with E-state index in [0.717, 1.165) is 12.8 Å². The van der Waals surface area contributed by atoms with Crippen molar-refractivity contribution in [3.63, 3.8) is 0 Å². The third kappa shape index (κ3) is 4.18. The molecule has 1 aromatic heterocycles. The van der Waals surface area contributed by atoms with Gasteiger partial charge >= 0.3 is 0 Å². The van der Waals surface area contributed by atoms with E-state index in [0.29, 0.717) is 41.7 Å². The van der Waals surface area contributed by atoms with Crippen LogP contribution in [0.2, 0.25) is 0 Å². The Hall–Kier alpha value is -2.50. The van der Waals surface area contributed by atoms with Crippen molar-refractivity contribution < 1.29 is 27.2 Å². The van der Waals surface area contributed by atoms with Crippen LogP contribution in [-0.4, -0.2) is 50.3 Å². The minimum atomic E-state index is -3.75. The number of aromatic nitrogens is 2. The molecule has 1 N–H and O–H groups in total. The highest BCUT2D eigenvalue weighted by molar-refractivity contribution is 7.89. The van der Waals surface area contributed by atoms with E-state index in [1.807, 2.05) is 6.92 Å². The summed E-state index contributed by atoms with van der Waals surface area (Å²) in [6, 6.07) is 3.09. The highest BCUT2D eigenvalue weighted by Crippen LogP contribution is 2.37. The summed E-state index contributed by atoms with van der Waals surface area (Å²) in [7, 11) is -3.75. The third-order valence-corrected chi connectivity index (χ3v) is 6.69. The van der Waals surface area contributed by atoms with Crippen LogP contribution in [-0.2, 0) is 32.5 Å². The SMILES string of the molecule is CCc1nc(CN2C(=O)COc3cc(S(=O)(=O)NC[C@H]4CCCO4)c(C)cc32)no1. The molecule has 0 bridgehead atoms. The Labute approximate surface area is 174 Å². The van der Waals surface area contributed by atoms with Gasteiger partial charge in [-0.3, -0.25) is 9.69 Å². The van der Waals surface area contributed by atoms with Gasteiger partial charge in [-0.2, -0.15) is 4.98 Å². The zero-order chi connectivity index (χ0) is 21.3. The molecular formula is C19H24N4O6S. The molecule has 0 saturated carbocycles. The van der Waals surface area contributed by atoms with Crippen LogP contribution in [0.5, 0.6) is 5.75 Å². The lowest BCUT2D eigenvalue weighted by Gasteiger charge is -2.29. The summed E-state index contributed by atoms with van der Waals surface area (Å²) in [5.74, 6) is 0.912. The van der Waals surface area contributed by atoms with Crippen LogP contribution in [0, 0.1) is 6.92 Å². The average Bonchev–Trinajstić information content (AvgIpc) is 3.40. The fraction of sp³-hybridized carbons (Fsp3) is 0.526. The van der Waals surface area contributed by atoms with Gasteiger partial charge in [0.2, 0.25) is 15.9 Å². The number of ether oxygens (including phenoxy) is 2. The Bertz CT molecular complexity index is 1050. The van der Waals surface area contributed by atoms with Crippen molar-refractivity contribution in [2.75, 3.05) is 24.7 Å². The molecule has 10 nitrogen and oxygen atoms in total. The first-order valence-corrected chi connectivity index (χ1v) is 11.4. The molecule has 0 unspecified atom stereocenters. The van der Waals surface area contributed by atoms with Gasteiger partial charge in [0.25, 0.3) is 5.91 Å². The average molecular weight is 436 g/mol. The molecule has 1 fully saturated rings. The number of amides is 1. The Morgan fingerprint density at radius 3 is 2.87 bits per heavy atom. The lowest BCUT2D eigenvalue weighted by Crippen LogP contribution is -2.39. The summed E-state index contributed by atoms with van der Waals surface area (Å²) in [5.41, 5.74) is 0.976. The smallest absolute Gasteiger partial charge is 0.265 e. The molecule has 1 amide bonds. The molecule has 1 atom stereocenters. The molecule has 1 aromatic carbocycles. The van der Waals surface area contributed by atoms with Gasteiger partial charge in [-0.05, 0) is 31.4 Å². The summed E-state index contributed by atoms with van der Waals surface area (Å²) >= 11 is 0. The minimum Gasteiger partial charge on any atom is -0.482 e. The van der Waals surface area contributed by atoms with Crippen LogP contribution < -0.4 is 14.4 Å². The zero-order valence-electron chi connectivity index (χ0n) is 16.9. The first-order chi connectivity index (χ1) is 14.4. The van der Waals surface area contributed by atoms with Gasteiger partial charge in [0.15, 0.2) is 12.4 Å². The fourth-order valence-electron chi connectivity index (χ4n) is 3.52. The second-order valence-electron chi connectivity index (χ2n) is 7.30. The van der Waals surface area contributed by atoms with Gasteiger partial charge in [-0.15, -0.1) is 0 Å². The predicted octanol–water partition coefficient (Wildman–Crippen LogP) is 1.32. The van der Waals surface area contributed by atoms with E-state index >= 15 is 0 Å². The molecule has 2 aliphatic rings. The monoisotopic (exact) mass is 436 g/mol. The standard InChI is InChI=1S/C19H24N4O6S/c1-3-18-21-17(22-29-18)10-23-14-7-12(2)16(8-15(14)28-11-19(23)24)30(25,26)20-9-13-5-4-6-27-13/h7-8,13,20H,3-6,9-11H2,1-2H3/t13-/m1/s1. The summed E-state index contributed by atoms with van der Waals surface area (Å²) in [6.07, 6.45) is 2.26. The molecule has 1 saturated heterocycles. The molecule has 2 aliphatic heterocycles. The highest BCUT2D eigenvalue weighted by atomic mass is 32.2. The number of anilines is 1. The number of nitrogens with one attached hydrogen (secondary N) is 1. The second-order valence-corrected chi connectivity index (χ2v) is 9.03. The molecule has 11 heteroatoms.